The lowest BCUT2D eigenvalue weighted by molar-refractivity contribution is -0.265. The average molecular weight is 573 g/mol. The monoisotopic (exact) mass is 573 g/mol. The molecule has 2 amide bonds. The van der Waals surface area contributed by atoms with Crippen LogP contribution in [0.25, 0.3) is 22.2 Å². The van der Waals surface area contributed by atoms with Crippen molar-refractivity contribution in [2.24, 2.45) is 5.73 Å². The molecule has 0 unspecified atom stereocenters. The number of methoxy groups -OCH3 is 1. The molecule has 0 saturated carbocycles. The molecule has 0 bridgehead atoms. The highest BCUT2D eigenvalue weighted by Crippen LogP contribution is 2.47. The number of pyridine rings is 1. The molecule has 0 aliphatic carbocycles. The van der Waals surface area contributed by atoms with Gasteiger partial charge in [-0.25, -0.2) is 9.37 Å². The normalized spacial score (nSPS) is 17.9. The van der Waals surface area contributed by atoms with Gasteiger partial charge in [-0.2, -0.15) is 13.2 Å². The maximum absolute atomic E-state index is 14.5. The highest BCUT2D eigenvalue weighted by molar-refractivity contribution is 5.97. The van der Waals surface area contributed by atoms with Gasteiger partial charge in [0.2, 0.25) is 11.5 Å². The molecule has 2 aromatic heterocycles. The summed E-state index contributed by atoms with van der Waals surface area (Å²) in [6.45, 7) is -0.288. The summed E-state index contributed by atoms with van der Waals surface area (Å²) in [6, 6.07) is 11.6. The van der Waals surface area contributed by atoms with E-state index in [0.717, 1.165) is 18.2 Å². The number of ether oxygens (including phenoxy) is 2. The van der Waals surface area contributed by atoms with Gasteiger partial charge in [0.25, 0.3) is 5.91 Å². The van der Waals surface area contributed by atoms with E-state index < -0.39 is 47.1 Å². The standard InChI is InChI=1S/C28H23F4N3O6/c1-26(25(33)37)13-40-23-17(26)11-21(35-22(23)14-6-8-15(29)9-7-14)27(38,28(30,31)32)12-34-24(36)20-10-16-18(39-2)4-3-5-19(16)41-20/h3-11,38H,12-13H2,1-2H3,(H2,33,37)(H,34,36)/t26-,27-/m0/s1. The first-order valence-corrected chi connectivity index (χ1v) is 12.2. The van der Waals surface area contributed by atoms with E-state index in [2.05, 4.69) is 10.3 Å². The van der Waals surface area contributed by atoms with Crippen LogP contribution in [-0.2, 0) is 15.8 Å². The van der Waals surface area contributed by atoms with E-state index in [1.54, 1.807) is 18.2 Å². The Kier molecular flexibility index (Phi) is 6.65. The summed E-state index contributed by atoms with van der Waals surface area (Å²) in [6.07, 6.45) is -5.36. The molecule has 2 aromatic carbocycles. The SMILES string of the molecule is COc1cccc2oc(C(=O)NC[C@](O)(c3cc4c(c(-c5ccc(F)cc5)n3)OC[C@]4(C)C(N)=O)C(F)(F)F)cc12. The third kappa shape index (κ3) is 4.61. The predicted molar refractivity (Wildman–Crippen MR) is 137 cm³/mol. The largest absolute Gasteiger partial charge is 0.496 e. The summed E-state index contributed by atoms with van der Waals surface area (Å²) in [5, 5.41) is 13.6. The Morgan fingerprint density at radius 3 is 2.51 bits per heavy atom. The van der Waals surface area contributed by atoms with Crippen molar-refractivity contribution in [1.29, 1.82) is 0 Å². The average Bonchev–Trinajstić information content (AvgIpc) is 3.53. The van der Waals surface area contributed by atoms with Crippen LogP contribution in [0.3, 0.4) is 0 Å². The number of furan rings is 1. The van der Waals surface area contributed by atoms with Gasteiger partial charge in [0.1, 0.15) is 40.6 Å². The summed E-state index contributed by atoms with van der Waals surface area (Å²) in [4.78, 5) is 29.3. The van der Waals surface area contributed by atoms with E-state index in [9.17, 15) is 32.3 Å². The zero-order valence-corrected chi connectivity index (χ0v) is 21.6. The first kappa shape index (κ1) is 27.9. The van der Waals surface area contributed by atoms with Gasteiger partial charge in [0.05, 0.1) is 24.7 Å². The number of benzene rings is 2. The number of amides is 2. The van der Waals surface area contributed by atoms with E-state index in [1.165, 1.54) is 32.2 Å². The molecule has 1 aliphatic rings. The number of fused-ring (bicyclic) bond motifs is 2. The molecule has 4 aromatic rings. The maximum atomic E-state index is 14.5. The van der Waals surface area contributed by atoms with Crippen LogP contribution in [0.5, 0.6) is 11.5 Å². The number of primary amides is 1. The number of hydrogen-bond acceptors (Lipinski definition) is 7. The van der Waals surface area contributed by atoms with Crippen LogP contribution in [0.2, 0.25) is 0 Å². The Morgan fingerprint density at radius 2 is 1.88 bits per heavy atom. The Labute approximate surface area is 229 Å². The molecular weight excluding hydrogens is 550 g/mol. The number of nitrogens with two attached hydrogens (primary N) is 1. The third-order valence-corrected chi connectivity index (χ3v) is 7.10. The van der Waals surface area contributed by atoms with Crippen LogP contribution >= 0.6 is 0 Å². The number of carbonyl (C=O) groups is 2. The lowest BCUT2D eigenvalue weighted by atomic mass is 9.81. The minimum Gasteiger partial charge on any atom is -0.496 e. The predicted octanol–water partition coefficient (Wildman–Crippen LogP) is 3.96. The van der Waals surface area contributed by atoms with Gasteiger partial charge >= 0.3 is 6.18 Å². The maximum Gasteiger partial charge on any atom is 0.424 e. The summed E-state index contributed by atoms with van der Waals surface area (Å²) in [5.74, 6) is -2.52. The van der Waals surface area contributed by atoms with Crippen molar-refractivity contribution < 1.29 is 46.1 Å². The Balaban J connectivity index is 1.58. The van der Waals surface area contributed by atoms with Crippen molar-refractivity contribution in [2.45, 2.75) is 24.1 Å². The summed E-state index contributed by atoms with van der Waals surface area (Å²) in [5.41, 5.74) is -0.488. The number of rotatable bonds is 7. The highest BCUT2D eigenvalue weighted by atomic mass is 19.4. The van der Waals surface area contributed by atoms with E-state index in [-0.39, 0.29) is 40.5 Å². The first-order valence-electron chi connectivity index (χ1n) is 12.2. The molecule has 1 aliphatic heterocycles. The fourth-order valence-electron chi connectivity index (χ4n) is 4.56. The van der Waals surface area contributed by atoms with Crippen LogP contribution < -0.4 is 20.5 Å². The van der Waals surface area contributed by atoms with Gasteiger partial charge in [-0.1, -0.05) is 6.07 Å². The molecule has 0 spiro atoms. The van der Waals surface area contributed by atoms with Crippen LogP contribution in [0.1, 0.15) is 28.7 Å². The van der Waals surface area contributed by atoms with Gasteiger partial charge in [0, 0.05) is 17.2 Å². The molecule has 5 rings (SSSR count). The molecule has 2 atom stereocenters. The van der Waals surface area contributed by atoms with Gasteiger partial charge in [0.15, 0.2) is 5.76 Å². The number of hydrogen-bond donors (Lipinski definition) is 3. The van der Waals surface area contributed by atoms with Gasteiger partial charge in [-0.15, -0.1) is 0 Å². The number of halogens is 4. The summed E-state index contributed by atoms with van der Waals surface area (Å²) < 4.78 is 73.5. The van der Waals surface area contributed by atoms with Gasteiger partial charge < -0.3 is 30.0 Å². The second-order valence-corrected chi connectivity index (χ2v) is 9.75. The van der Waals surface area contributed by atoms with Crippen molar-refractivity contribution in [2.75, 3.05) is 20.3 Å². The second-order valence-electron chi connectivity index (χ2n) is 9.75. The molecule has 3 heterocycles. The molecule has 13 heteroatoms. The first-order chi connectivity index (χ1) is 19.3. The number of carbonyl (C=O) groups excluding carboxylic acids is 2. The van der Waals surface area contributed by atoms with Crippen molar-refractivity contribution in [1.82, 2.24) is 10.3 Å². The zero-order valence-electron chi connectivity index (χ0n) is 21.6. The number of aliphatic hydroxyl groups is 1. The summed E-state index contributed by atoms with van der Waals surface area (Å²) >= 11 is 0. The number of aromatic nitrogens is 1. The smallest absolute Gasteiger partial charge is 0.424 e. The zero-order chi connectivity index (χ0) is 29.7. The van der Waals surface area contributed by atoms with Crippen molar-refractivity contribution >= 4 is 22.8 Å². The molecule has 0 saturated heterocycles. The molecule has 0 radical (unpaired) electrons. The lowest BCUT2D eigenvalue weighted by Gasteiger charge is -2.31. The Hall–Kier alpha value is -4.65. The van der Waals surface area contributed by atoms with Crippen molar-refractivity contribution in [3.05, 3.63) is 77.4 Å². The Bertz CT molecular complexity index is 1670. The van der Waals surface area contributed by atoms with E-state index in [4.69, 9.17) is 19.6 Å². The van der Waals surface area contributed by atoms with Crippen LogP contribution in [-0.4, -0.2) is 48.3 Å². The quantitative estimate of drug-likeness (QED) is 0.285. The fraction of sp³-hybridized carbons (Fsp3) is 0.250. The molecule has 9 nitrogen and oxygen atoms in total. The topological polar surface area (TPSA) is 137 Å². The van der Waals surface area contributed by atoms with Crippen LogP contribution in [0.15, 0.2) is 59.0 Å². The number of nitrogens with one attached hydrogen (secondary N) is 1. The van der Waals surface area contributed by atoms with E-state index in [0.29, 0.717) is 11.1 Å². The third-order valence-electron chi connectivity index (χ3n) is 7.10. The molecule has 214 valence electrons. The van der Waals surface area contributed by atoms with E-state index in [1.807, 2.05) is 0 Å². The van der Waals surface area contributed by atoms with E-state index >= 15 is 0 Å². The fourth-order valence-corrected chi connectivity index (χ4v) is 4.56. The highest BCUT2D eigenvalue weighted by Gasteiger charge is 2.57. The lowest BCUT2D eigenvalue weighted by Crippen LogP contribution is -2.51. The van der Waals surface area contributed by atoms with Crippen molar-refractivity contribution in [3.63, 3.8) is 0 Å². The number of nitrogens with zero attached hydrogens (tertiary/aromatic N) is 1. The summed E-state index contributed by atoms with van der Waals surface area (Å²) in [7, 11) is 1.41. The second kappa shape index (κ2) is 9.77. The van der Waals surface area contributed by atoms with Crippen LogP contribution in [0, 0.1) is 5.82 Å². The minimum atomic E-state index is -5.36. The van der Waals surface area contributed by atoms with Crippen molar-refractivity contribution in [3.8, 4) is 22.8 Å². The molecule has 0 fully saturated rings. The molecule has 4 N–H and O–H groups in total. The molecule has 41 heavy (non-hydrogen) atoms. The minimum absolute atomic E-state index is 0.0357. The van der Waals surface area contributed by atoms with Crippen LogP contribution in [0.4, 0.5) is 17.6 Å². The molecular formula is C28H23F4N3O6. The van der Waals surface area contributed by atoms with Gasteiger partial charge in [-0.3, -0.25) is 9.59 Å². The van der Waals surface area contributed by atoms with Gasteiger partial charge in [-0.05, 0) is 49.4 Å². The number of alkyl halides is 3. The Morgan fingerprint density at radius 1 is 1.17 bits per heavy atom.